The van der Waals surface area contributed by atoms with Gasteiger partial charge in [-0.2, -0.15) is 4.31 Å². The number of halogens is 1. The van der Waals surface area contributed by atoms with Crippen LogP contribution in [0.4, 0.5) is 4.39 Å². The van der Waals surface area contributed by atoms with Crippen LogP contribution in [0, 0.1) is 5.82 Å². The molecule has 3 rings (SSSR count). The van der Waals surface area contributed by atoms with Crippen LogP contribution >= 0.6 is 11.3 Å². The van der Waals surface area contributed by atoms with Crippen LogP contribution in [0.2, 0.25) is 0 Å². The van der Waals surface area contributed by atoms with Crippen molar-refractivity contribution in [3.63, 3.8) is 0 Å². The Balaban J connectivity index is 1.83. The molecule has 21 heavy (non-hydrogen) atoms. The number of piperidine rings is 1. The molecule has 1 aliphatic heterocycles. The fraction of sp³-hybridized carbons (Fsp3) is 0.357. The van der Waals surface area contributed by atoms with Crippen LogP contribution in [-0.4, -0.2) is 30.8 Å². The van der Waals surface area contributed by atoms with Crippen molar-refractivity contribution in [3.05, 3.63) is 46.7 Å². The molecule has 0 amide bonds. The summed E-state index contributed by atoms with van der Waals surface area (Å²) in [5, 5.41) is 2.89. The SMILES string of the molecule is O=S(=O)(c1ccc(F)cc1)N1CCC[C@H](c2nccs2)C1. The zero-order valence-electron chi connectivity index (χ0n) is 11.3. The Bertz CT molecular complexity index is 699. The number of hydrogen-bond acceptors (Lipinski definition) is 4. The number of benzene rings is 1. The quantitative estimate of drug-likeness (QED) is 0.871. The Morgan fingerprint density at radius 1 is 1.29 bits per heavy atom. The van der Waals surface area contributed by atoms with Crippen LogP contribution in [0.1, 0.15) is 23.8 Å². The summed E-state index contributed by atoms with van der Waals surface area (Å²) < 4.78 is 39.6. The lowest BCUT2D eigenvalue weighted by Crippen LogP contribution is -2.39. The lowest BCUT2D eigenvalue weighted by Gasteiger charge is -2.30. The summed E-state index contributed by atoms with van der Waals surface area (Å²) in [6.07, 6.45) is 3.50. The highest BCUT2D eigenvalue weighted by Crippen LogP contribution is 2.31. The summed E-state index contributed by atoms with van der Waals surface area (Å²) in [5.41, 5.74) is 0. The highest BCUT2D eigenvalue weighted by atomic mass is 32.2. The van der Waals surface area contributed by atoms with E-state index in [1.54, 1.807) is 17.5 Å². The molecule has 2 aromatic rings. The molecule has 1 atom stereocenters. The van der Waals surface area contributed by atoms with Crippen LogP contribution in [0.15, 0.2) is 40.7 Å². The van der Waals surface area contributed by atoms with Gasteiger partial charge in [0, 0.05) is 30.6 Å². The number of aromatic nitrogens is 1. The van der Waals surface area contributed by atoms with Gasteiger partial charge in [0.05, 0.1) is 9.90 Å². The maximum atomic E-state index is 12.9. The summed E-state index contributed by atoms with van der Waals surface area (Å²) in [7, 11) is -3.56. The molecule has 0 bridgehead atoms. The number of hydrogen-bond donors (Lipinski definition) is 0. The fourth-order valence-corrected chi connectivity index (χ4v) is 4.85. The van der Waals surface area contributed by atoms with E-state index in [1.807, 2.05) is 5.38 Å². The zero-order chi connectivity index (χ0) is 14.9. The first-order valence-corrected chi connectivity index (χ1v) is 9.04. The molecule has 0 saturated carbocycles. The highest BCUT2D eigenvalue weighted by Gasteiger charge is 2.31. The van der Waals surface area contributed by atoms with Crippen LogP contribution < -0.4 is 0 Å². The van der Waals surface area contributed by atoms with E-state index in [9.17, 15) is 12.8 Å². The second kappa shape index (κ2) is 5.82. The fourth-order valence-electron chi connectivity index (χ4n) is 2.55. The summed E-state index contributed by atoms with van der Waals surface area (Å²) in [6, 6.07) is 4.99. The van der Waals surface area contributed by atoms with Gasteiger partial charge >= 0.3 is 0 Å². The van der Waals surface area contributed by atoms with Gasteiger partial charge in [0.1, 0.15) is 5.82 Å². The number of rotatable bonds is 3. The van der Waals surface area contributed by atoms with Gasteiger partial charge in [-0.05, 0) is 37.1 Å². The second-order valence-corrected chi connectivity index (χ2v) is 7.89. The zero-order valence-corrected chi connectivity index (χ0v) is 12.9. The molecule has 2 heterocycles. The van der Waals surface area contributed by atoms with Crippen molar-refractivity contribution < 1.29 is 12.8 Å². The van der Waals surface area contributed by atoms with Crippen LogP contribution in [0.5, 0.6) is 0 Å². The van der Waals surface area contributed by atoms with E-state index in [4.69, 9.17) is 0 Å². The van der Waals surface area contributed by atoms with E-state index < -0.39 is 15.8 Å². The first-order valence-electron chi connectivity index (χ1n) is 6.72. The predicted molar refractivity (Wildman–Crippen MR) is 79.2 cm³/mol. The molecule has 1 fully saturated rings. The van der Waals surface area contributed by atoms with Crippen LogP contribution in [0.3, 0.4) is 0 Å². The summed E-state index contributed by atoms with van der Waals surface area (Å²) in [5.74, 6) is -0.290. The minimum Gasteiger partial charge on any atom is -0.249 e. The molecule has 0 spiro atoms. The first-order chi connectivity index (χ1) is 10.1. The monoisotopic (exact) mass is 326 g/mol. The molecule has 4 nitrogen and oxygen atoms in total. The van der Waals surface area contributed by atoms with E-state index >= 15 is 0 Å². The Morgan fingerprint density at radius 3 is 2.71 bits per heavy atom. The number of sulfonamides is 1. The standard InChI is InChI=1S/C14H15FN2O2S2/c15-12-3-5-13(6-4-12)21(18,19)17-8-1-2-11(10-17)14-16-7-9-20-14/h3-7,9,11H,1-2,8,10H2/t11-/m0/s1. The average molecular weight is 326 g/mol. The Kier molecular flexibility index (Phi) is 4.05. The molecule has 1 aromatic carbocycles. The largest absolute Gasteiger partial charge is 0.249 e. The van der Waals surface area contributed by atoms with E-state index in [1.165, 1.54) is 28.6 Å². The summed E-state index contributed by atoms with van der Waals surface area (Å²) in [4.78, 5) is 4.43. The Hall–Kier alpha value is -1.31. The van der Waals surface area contributed by atoms with Crippen molar-refractivity contribution in [1.82, 2.24) is 9.29 Å². The third-order valence-corrected chi connectivity index (χ3v) is 6.45. The average Bonchev–Trinajstić information content (AvgIpc) is 3.02. The van der Waals surface area contributed by atoms with Gasteiger partial charge < -0.3 is 0 Å². The van der Waals surface area contributed by atoms with Gasteiger partial charge in [-0.3, -0.25) is 0 Å². The Morgan fingerprint density at radius 2 is 2.05 bits per heavy atom. The predicted octanol–water partition coefficient (Wildman–Crippen LogP) is 2.85. The molecule has 7 heteroatoms. The maximum Gasteiger partial charge on any atom is 0.243 e. The van der Waals surface area contributed by atoms with Crippen molar-refractivity contribution in [2.75, 3.05) is 13.1 Å². The van der Waals surface area contributed by atoms with Gasteiger partial charge in [0.15, 0.2) is 0 Å². The van der Waals surface area contributed by atoms with E-state index in [2.05, 4.69) is 4.98 Å². The second-order valence-electron chi connectivity index (χ2n) is 5.03. The van der Waals surface area contributed by atoms with Crippen molar-refractivity contribution in [2.24, 2.45) is 0 Å². The summed E-state index contributed by atoms with van der Waals surface area (Å²) >= 11 is 1.56. The third kappa shape index (κ3) is 3.00. The lowest BCUT2D eigenvalue weighted by atomic mass is 10.0. The van der Waals surface area contributed by atoms with E-state index in [-0.39, 0.29) is 10.8 Å². The maximum absolute atomic E-state index is 12.9. The van der Waals surface area contributed by atoms with Crippen LogP contribution in [-0.2, 0) is 10.0 Å². The Labute approximate surface area is 127 Å². The molecule has 1 aliphatic rings. The van der Waals surface area contributed by atoms with Gasteiger partial charge in [-0.25, -0.2) is 17.8 Å². The molecular formula is C14H15FN2O2S2. The minimum atomic E-state index is -3.56. The number of nitrogens with zero attached hydrogens (tertiary/aromatic N) is 2. The van der Waals surface area contributed by atoms with Crippen molar-refractivity contribution in [3.8, 4) is 0 Å². The molecule has 0 radical (unpaired) electrons. The molecule has 1 aromatic heterocycles. The van der Waals surface area contributed by atoms with E-state index in [0.29, 0.717) is 13.1 Å². The van der Waals surface area contributed by atoms with Gasteiger partial charge in [-0.1, -0.05) is 0 Å². The topological polar surface area (TPSA) is 50.3 Å². The molecule has 112 valence electrons. The van der Waals surface area contributed by atoms with Gasteiger partial charge in [0.25, 0.3) is 0 Å². The molecule has 1 saturated heterocycles. The van der Waals surface area contributed by atoms with Crippen molar-refractivity contribution >= 4 is 21.4 Å². The van der Waals surface area contributed by atoms with Crippen LogP contribution in [0.25, 0.3) is 0 Å². The lowest BCUT2D eigenvalue weighted by molar-refractivity contribution is 0.315. The van der Waals surface area contributed by atoms with Gasteiger partial charge in [0.2, 0.25) is 10.0 Å². The van der Waals surface area contributed by atoms with Crippen molar-refractivity contribution in [1.29, 1.82) is 0 Å². The molecule has 0 N–H and O–H groups in total. The van der Waals surface area contributed by atoms with Crippen molar-refractivity contribution in [2.45, 2.75) is 23.7 Å². The number of thiazole rings is 1. The molecule has 0 unspecified atom stereocenters. The molecular weight excluding hydrogens is 311 g/mol. The van der Waals surface area contributed by atoms with Gasteiger partial charge in [-0.15, -0.1) is 11.3 Å². The first kappa shape index (κ1) is 14.6. The smallest absolute Gasteiger partial charge is 0.243 e. The highest BCUT2D eigenvalue weighted by molar-refractivity contribution is 7.89. The molecule has 0 aliphatic carbocycles. The van der Waals surface area contributed by atoms with E-state index in [0.717, 1.165) is 17.8 Å². The minimum absolute atomic E-state index is 0.142. The normalized spacial score (nSPS) is 20.5. The third-order valence-electron chi connectivity index (χ3n) is 3.64. The summed E-state index contributed by atoms with van der Waals surface area (Å²) in [6.45, 7) is 0.939.